The molecule has 3 aromatic carbocycles. The highest BCUT2D eigenvalue weighted by Crippen LogP contribution is 2.37. The zero-order chi connectivity index (χ0) is 34.3. The van der Waals surface area contributed by atoms with Gasteiger partial charge < -0.3 is 29.6 Å². The summed E-state index contributed by atoms with van der Waals surface area (Å²) in [5.74, 6) is 0.118. The van der Waals surface area contributed by atoms with Crippen LogP contribution in [0.1, 0.15) is 65.4 Å². The number of allylic oxidation sites excluding steroid dienone is 3. The Morgan fingerprint density at radius 1 is 1.02 bits per heavy atom. The number of carbonyl (C=O) groups is 3. The molecule has 2 amide bonds. The first-order valence-electron chi connectivity index (χ1n) is 15.3. The Morgan fingerprint density at radius 3 is 2.43 bits per heavy atom. The van der Waals surface area contributed by atoms with E-state index in [9.17, 15) is 14.4 Å². The van der Waals surface area contributed by atoms with E-state index in [4.69, 9.17) is 30.5 Å². The first-order chi connectivity index (χ1) is 22.6. The number of hydrogen-bond acceptors (Lipinski definition) is 7. The molecule has 0 aliphatic heterocycles. The van der Waals surface area contributed by atoms with E-state index in [0.717, 1.165) is 22.3 Å². The molecule has 0 bridgehead atoms. The molecular weight excluding hydrogens is 620 g/mol. The summed E-state index contributed by atoms with van der Waals surface area (Å²) in [6.45, 7) is 7.93. The standard InChI is InChI=1S/C37H43ClN2O7/c1-7-31(40-37(43)46-22-27-11-9-8-10-12-27)36(42)39-21-28-20-26(14-17-30(28)38)15-18-32(41)34-33(45-6)19-25(4)29(16-13-24(2)3)35(34)47-23-44-5/h8-15,17-20,31H,7,16,21-23H2,1-6H3,(H,39,42)(H,40,43)/b18-15+. The van der Waals surface area contributed by atoms with Gasteiger partial charge in [0, 0.05) is 24.2 Å². The maximum absolute atomic E-state index is 13.6. The molecular formula is C37H43ClN2O7. The summed E-state index contributed by atoms with van der Waals surface area (Å²) in [6, 6.07) is 15.6. The Balaban J connectivity index is 1.74. The van der Waals surface area contributed by atoms with E-state index in [1.54, 1.807) is 31.2 Å². The van der Waals surface area contributed by atoms with Gasteiger partial charge in [0.05, 0.1) is 7.11 Å². The second kappa shape index (κ2) is 18.5. The van der Waals surface area contributed by atoms with Crippen molar-refractivity contribution < 1.29 is 33.3 Å². The summed E-state index contributed by atoms with van der Waals surface area (Å²) < 4.78 is 21.9. The molecule has 0 aliphatic carbocycles. The molecule has 0 fully saturated rings. The van der Waals surface area contributed by atoms with Crippen molar-refractivity contribution in [3.8, 4) is 11.5 Å². The Labute approximate surface area is 281 Å². The zero-order valence-electron chi connectivity index (χ0n) is 27.8. The van der Waals surface area contributed by atoms with Gasteiger partial charge >= 0.3 is 6.09 Å². The second-order valence-electron chi connectivity index (χ2n) is 11.0. The van der Waals surface area contributed by atoms with Crippen molar-refractivity contribution in [3.05, 3.63) is 111 Å². The molecule has 0 heterocycles. The van der Waals surface area contributed by atoms with Crippen molar-refractivity contribution in [2.45, 2.75) is 59.7 Å². The number of rotatable bonds is 16. The summed E-state index contributed by atoms with van der Waals surface area (Å²) in [7, 11) is 3.03. The van der Waals surface area contributed by atoms with Crippen LogP contribution in [0.25, 0.3) is 6.08 Å². The molecule has 3 aromatic rings. The predicted octanol–water partition coefficient (Wildman–Crippen LogP) is 7.37. The van der Waals surface area contributed by atoms with E-state index in [-0.39, 0.29) is 31.6 Å². The maximum Gasteiger partial charge on any atom is 0.408 e. The Kier molecular flexibility index (Phi) is 14.5. The quantitative estimate of drug-likeness (QED) is 0.0713. The van der Waals surface area contributed by atoms with Crippen LogP contribution >= 0.6 is 11.6 Å². The van der Waals surface area contributed by atoms with Crippen molar-refractivity contribution in [1.29, 1.82) is 0 Å². The van der Waals surface area contributed by atoms with Crippen LogP contribution in [0.3, 0.4) is 0 Å². The molecule has 2 N–H and O–H groups in total. The molecule has 47 heavy (non-hydrogen) atoms. The van der Waals surface area contributed by atoms with Gasteiger partial charge in [0.25, 0.3) is 0 Å². The Hall–Kier alpha value is -4.60. The van der Waals surface area contributed by atoms with Gasteiger partial charge in [-0.2, -0.15) is 0 Å². The lowest BCUT2D eigenvalue weighted by molar-refractivity contribution is -0.123. The minimum atomic E-state index is -0.793. The number of aryl methyl sites for hydroxylation is 1. The molecule has 1 unspecified atom stereocenters. The third kappa shape index (κ3) is 11.0. The van der Waals surface area contributed by atoms with Crippen molar-refractivity contribution in [1.82, 2.24) is 10.6 Å². The minimum Gasteiger partial charge on any atom is -0.496 e. The van der Waals surface area contributed by atoms with Crippen LogP contribution in [0.15, 0.2) is 72.3 Å². The lowest BCUT2D eigenvalue weighted by atomic mass is 9.96. The molecule has 1 atom stereocenters. The number of alkyl carbamates (subject to hydrolysis) is 1. The van der Waals surface area contributed by atoms with E-state index >= 15 is 0 Å². The van der Waals surface area contributed by atoms with Gasteiger partial charge in [-0.25, -0.2) is 4.79 Å². The number of halogens is 1. The number of ketones is 1. The normalized spacial score (nSPS) is 11.5. The van der Waals surface area contributed by atoms with Gasteiger partial charge in [-0.1, -0.05) is 72.6 Å². The Morgan fingerprint density at radius 2 is 1.77 bits per heavy atom. The fraction of sp³-hybridized carbons (Fsp3) is 0.324. The lowest BCUT2D eigenvalue weighted by Gasteiger charge is -2.19. The summed E-state index contributed by atoms with van der Waals surface area (Å²) >= 11 is 6.45. The average molecular weight is 663 g/mol. The first kappa shape index (κ1) is 36.9. The second-order valence-corrected chi connectivity index (χ2v) is 11.5. The molecule has 250 valence electrons. The number of amides is 2. The van der Waals surface area contributed by atoms with Crippen LogP contribution < -0.4 is 20.1 Å². The van der Waals surface area contributed by atoms with Gasteiger partial charge in [-0.05, 0) is 80.1 Å². The number of nitrogens with one attached hydrogen (secondary N) is 2. The zero-order valence-corrected chi connectivity index (χ0v) is 28.5. The van der Waals surface area contributed by atoms with E-state index < -0.39 is 12.1 Å². The van der Waals surface area contributed by atoms with E-state index in [1.165, 1.54) is 20.3 Å². The van der Waals surface area contributed by atoms with Crippen LogP contribution in [-0.2, 0) is 33.8 Å². The maximum atomic E-state index is 13.6. The number of benzene rings is 3. The largest absolute Gasteiger partial charge is 0.496 e. The van der Waals surface area contributed by atoms with Crippen LogP contribution in [-0.4, -0.2) is 44.8 Å². The SMILES string of the molecule is CCC(NC(=O)OCc1ccccc1)C(=O)NCc1cc(/C=C/C(=O)c2c(OC)cc(C)c(CC=C(C)C)c2OCOC)ccc1Cl. The number of hydrogen-bond donors (Lipinski definition) is 2. The smallest absolute Gasteiger partial charge is 0.408 e. The van der Waals surface area contributed by atoms with Gasteiger partial charge in [-0.3, -0.25) is 9.59 Å². The van der Waals surface area contributed by atoms with Gasteiger partial charge in [0.1, 0.15) is 29.7 Å². The monoisotopic (exact) mass is 662 g/mol. The third-order valence-electron chi connectivity index (χ3n) is 7.25. The van der Waals surface area contributed by atoms with Crippen LogP contribution in [0, 0.1) is 6.92 Å². The molecule has 0 saturated heterocycles. The van der Waals surface area contributed by atoms with Gasteiger partial charge in [0.2, 0.25) is 5.91 Å². The van der Waals surface area contributed by atoms with Gasteiger partial charge in [0.15, 0.2) is 12.6 Å². The van der Waals surface area contributed by atoms with Gasteiger partial charge in [-0.15, -0.1) is 0 Å². The van der Waals surface area contributed by atoms with Crippen LogP contribution in [0.5, 0.6) is 11.5 Å². The molecule has 10 heteroatoms. The highest BCUT2D eigenvalue weighted by Gasteiger charge is 2.23. The fourth-order valence-corrected chi connectivity index (χ4v) is 4.87. The van der Waals surface area contributed by atoms with Crippen molar-refractivity contribution in [3.63, 3.8) is 0 Å². The molecule has 0 spiro atoms. The van der Waals surface area contributed by atoms with Crippen LogP contribution in [0.4, 0.5) is 4.79 Å². The first-order valence-corrected chi connectivity index (χ1v) is 15.7. The summed E-state index contributed by atoms with van der Waals surface area (Å²) in [4.78, 5) is 38.9. The Bertz CT molecular complexity index is 1600. The average Bonchev–Trinajstić information content (AvgIpc) is 3.06. The minimum absolute atomic E-state index is 0.0338. The molecule has 0 saturated carbocycles. The highest BCUT2D eigenvalue weighted by atomic mass is 35.5. The number of ether oxygens (including phenoxy) is 4. The number of carbonyl (C=O) groups excluding carboxylic acids is 3. The van der Waals surface area contributed by atoms with Crippen molar-refractivity contribution in [2.75, 3.05) is 21.0 Å². The molecule has 0 aliphatic rings. The van der Waals surface area contributed by atoms with E-state index in [0.29, 0.717) is 46.1 Å². The molecule has 0 aromatic heterocycles. The van der Waals surface area contributed by atoms with Crippen molar-refractivity contribution in [2.24, 2.45) is 0 Å². The summed E-state index contributed by atoms with van der Waals surface area (Å²) in [5.41, 5.74) is 5.41. The summed E-state index contributed by atoms with van der Waals surface area (Å²) in [5, 5.41) is 5.88. The summed E-state index contributed by atoms with van der Waals surface area (Å²) in [6.07, 6.45) is 5.44. The lowest BCUT2D eigenvalue weighted by Crippen LogP contribution is -2.46. The van der Waals surface area contributed by atoms with E-state index in [1.807, 2.05) is 57.2 Å². The predicted molar refractivity (Wildman–Crippen MR) is 184 cm³/mol. The third-order valence-corrected chi connectivity index (χ3v) is 7.62. The molecule has 9 nitrogen and oxygen atoms in total. The highest BCUT2D eigenvalue weighted by molar-refractivity contribution is 6.31. The van der Waals surface area contributed by atoms with Crippen LogP contribution in [0.2, 0.25) is 5.02 Å². The van der Waals surface area contributed by atoms with E-state index in [2.05, 4.69) is 16.7 Å². The number of methoxy groups -OCH3 is 2. The fourth-order valence-electron chi connectivity index (χ4n) is 4.68. The molecule has 0 radical (unpaired) electrons. The molecule has 3 rings (SSSR count). The topological polar surface area (TPSA) is 112 Å². The van der Waals surface area contributed by atoms with Crippen molar-refractivity contribution >= 4 is 35.5 Å².